The molecule has 0 aromatic carbocycles. The predicted octanol–water partition coefficient (Wildman–Crippen LogP) is 2.26. The molecule has 0 aromatic heterocycles. The van der Waals surface area contributed by atoms with Crippen molar-refractivity contribution in [1.29, 1.82) is 0 Å². The minimum absolute atomic E-state index is 0.175. The van der Waals surface area contributed by atoms with Gasteiger partial charge in [-0.3, -0.25) is 4.90 Å². The van der Waals surface area contributed by atoms with Crippen molar-refractivity contribution in [3.05, 3.63) is 0 Å². The first-order valence-corrected chi connectivity index (χ1v) is 7.57. The number of nitrogens with zero attached hydrogens (tertiary/aromatic N) is 1. The SMILES string of the molecule is COC1(CN2CC(CC(C)C)NCC2C)CCC1. The Labute approximate surface area is 112 Å². The van der Waals surface area contributed by atoms with Gasteiger partial charge in [0.25, 0.3) is 0 Å². The van der Waals surface area contributed by atoms with Crippen LogP contribution in [-0.2, 0) is 4.74 Å². The summed E-state index contributed by atoms with van der Waals surface area (Å²) in [6.45, 7) is 10.4. The van der Waals surface area contributed by atoms with E-state index in [-0.39, 0.29) is 5.60 Å². The first-order valence-electron chi connectivity index (χ1n) is 7.57. The van der Waals surface area contributed by atoms with E-state index in [1.54, 1.807) is 0 Å². The van der Waals surface area contributed by atoms with Crippen molar-refractivity contribution < 1.29 is 4.74 Å². The molecule has 2 atom stereocenters. The Morgan fingerprint density at radius 2 is 2.11 bits per heavy atom. The van der Waals surface area contributed by atoms with Gasteiger partial charge in [-0.05, 0) is 38.5 Å². The molecule has 1 heterocycles. The van der Waals surface area contributed by atoms with Crippen molar-refractivity contribution in [2.24, 2.45) is 5.92 Å². The molecule has 3 heteroatoms. The number of ether oxygens (including phenoxy) is 1. The molecule has 2 aliphatic rings. The summed E-state index contributed by atoms with van der Waals surface area (Å²) in [5.41, 5.74) is 0.175. The highest BCUT2D eigenvalue weighted by atomic mass is 16.5. The van der Waals surface area contributed by atoms with Gasteiger partial charge in [-0.2, -0.15) is 0 Å². The Morgan fingerprint density at radius 3 is 2.61 bits per heavy atom. The lowest BCUT2D eigenvalue weighted by atomic mass is 9.79. The van der Waals surface area contributed by atoms with Crippen LogP contribution in [0.3, 0.4) is 0 Å². The fourth-order valence-electron chi connectivity index (χ4n) is 3.31. The van der Waals surface area contributed by atoms with E-state index in [0.29, 0.717) is 12.1 Å². The van der Waals surface area contributed by atoms with Crippen LogP contribution in [-0.4, -0.2) is 49.3 Å². The second kappa shape index (κ2) is 5.89. The fourth-order valence-corrected chi connectivity index (χ4v) is 3.31. The topological polar surface area (TPSA) is 24.5 Å². The largest absolute Gasteiger partial charge is 0.377 e. The summed E-state index contributed by atoms with van der Waals surface area (Å²) in [5, 5.41) is 3.69. The van der Waals surface area contributed by atoms with E-state index in [1.807, 2.05) is 7.11 Å². The van der Waals surface area contributed by atoms with Crippen molar-refractivity contribution >= 4 is 0 Å². The number of hydrogen-bond acceptors (Lipinski definition) is 3. The summed E-state index contributed by atoms with van der Waals surface area (Å²) in [4.78, 5) is 2.65. The van der Waals surface area contributed by atoms with Crippen LogP contribution in [0.4, 0.5) is 0 Å². The molecular weight excluding hydrogens is 224 g/mol. The molecule has 1 N–H and O–H groups in total. The van der Waals surface area contributed by atoms with Gasteiger partial charge in [-0.25, -0.2) is 0 Å². The molecule has 0 radical (unpaired) electrons. The number of hydrogen-bond donors (Lipinski definition) is 1. The lowest BCUT2D eigenvalue weighted by Gasteiger charge is -2.48. The van der Waals surface area contributed by atoms with E-state index < -0.39 is 0 Å². The van der Waals surface area contributed by atoms with Gasteiger partial charge in [0.05, 0.1) is 5.60 Å². The maximum Gasteiger partial charge on any atom is 0.0805 e. The lowest BCUT2D eigenvalue weighted by molar-refractivity contribution is -0.101. The van der Waals surface area contributed by atoms with Crippen LogP contribution >= 0.6 is 0 Å². The monoisotopic (exact) mass is 254 g/mol. The molecular formula is C15H30N2O. The Kier molecular flexibility index (Phi) is 4.68. The minimum atomic E-state index is 0.175. The summed E-state index contributed by atoms with van der Waals surface area (Å²) in [6, 6.07) is 1.30. The second-order valence-corrected chi connectivity index (χ2v) is 6.75. The van der Waals surface area contributed by atoms with Crippen molar-refractivity contribution in [2.45, 2.75) is 64.1 Å². The first-order chi connectivity index (χ1) is 8.54. The maximum atomic E-state index is 5.78. The van der Waals surface area contributed by atoms with Crippen molar-refractivity contribution in [3.8, 4) is 0 Å². The summed E-state index contributed by atoms with van der Waals surface area (Å²) in [7, 11) is 1.89. The third kappa shape index (κ3) is 3.25. The molecule has 2 fully saturated rings. The Hall–Kier alpha value is -0.120. The number of methoxy groups -OCH3 is 1. The zero-order valence-corrected chi connectivity index (χ0v) is 12.5. The summed E-state index contributed by atoms with van der Waals surface area (Å²) >= 11 is 0. The van der Waals surface area contributed by atoms with E-state index in [1.165, 1.54) is 32.2 Å². The molecule has 106 valence electrons. The van der Waals surface area contributed by atoms with E-state index in [2.05, 4.69) is 31.0 Å². The van der Waals surface area contributed by atoms with Crippen molar-refractivity contribution in [2.75, 3.05) is 26.7 Å². The van der Waals surface area contributed by atoms with E-state index in [0.717, 1.165) is 19.0 Å². The van der Waals surface area contributed by atoms with Gasteiger partial charge >= 0.3 is 0 Å². The third-order valence-corrected chi connectivity index (χ3v) is 4.73. The maximum absolute atomic E-state index is 5.78. The van der Waals surface area contributed by atoms with Crippen LogP contribution in [0.15, 0.2) is 0 Å². The fraction of sp³-hybridized carbons (Fsp3) is 1.00. The van der Waals surface area contributed by atoms with Gasteiger partial charge in [0.15, 0.2) is 0 Å². The first kappa shape index (κ1) is 14.3. The van der Waals surface area contributed by atoms with Crippen LogP contribution < -0.4 is 5.32 Å². The molecule has 1 aliphatic heterocycles. The van der Waals surface area contributed by atoms with Gasteiger partial charge in [0, 0.05) is 38.8 Å². The molecule has 1 saturated heterocycles. The Morgan fingerprint density at radius 1 is 1.39 bits per heavy atom. The summed E-state index contributed by atoms with van der Waals surface area (Å²) < 4.78 is 5.78. The molecule has 18 heavy (non-hydrogen) atoms. The van der Waals surface area contributed by atoms with E-state index in [9.17, 15) is 0 Å². The molecule has 0 bridgehead atoms. The highest BCUT2D eigenvalue weighted by Gasteiger charge is 2.40. The molecule has 0 spiro atoms. The van der Waals surface area contributed by atoms with Gasteiger partial charge in [-0.15, -0.1) is 0 Å². The predicted molar refractivity (Wildman–Crippen MR) is 75.9 cm³/mol. The molecule has 2 unspecified atom stereocenters. The van der Waals surface area contributed by atoms with E-state index in [4.69, 9.17) is 4.74 Å². The number of rotatable bonds is 5. The molecule has 1 aliphatic carbocycles. The van der Waals surface area contributed by atoms with Crippen molar-refractivity contribution in [3.63, 3.8) is 0 Å². The van der Waals surface area contributed by atoms with Crippen LogP contribution in [0.1, 0.15) is 46.5 Å². The molecule has 0 aromatic rings. The van der Waals surface area contributed by atoms with Gasteiger partial charge in [0.2, 0.25) is 0 Å². The van der Waals surface area contributed by atoms with Crippen LogP contribution in [0, 0.1) is 5.92 Å². The second-order valence-electron chi connectivity index (χ2n) is 6.75. The van der Waals surface area contributed by atoms with E-state index >= 15 is 0 Å². The van der Waals surface area contributed by atoms with Gasteiger partial charge < -0.3 is 10.1 Å². The molecule has 3 nitrogen and oxygen atoms in total. The van der Waals surface area contributed by atoms with Gasteiger partial charge in [-0.1, -0.05) is 13.8 Å². The molecule has 0 amide bonds. The average Bonchev–Trinajstić information content (AvgIpc) is 2.27. The van der Waals surface area contributed by atoms with Gasteiger partial charge in [0.1, 0.15) is 0 Å². The summed E-state index contributed by atoms with van der Waals surface area (Å²) in [6.07, 6.45) is 5.11. The minimum Gasteiger partial charge on any atom is -0.377 e. The van der Waals surface area contributed by atoms with Crippen LogP contribution in [0.2, 0.25) is 0 Å². The smallest absolute Gasteiger partial charge is 0.0805 e. The normalized spacial score (nSPS) is 32.5. The zero-order chi connectivity index (χ0) is 13.2. The number of nitrogens with one attached hydrogen (secondary N) is 1. The van der Waals surface area contributed by atoms with Crippen LogP contribution in [0.25, 0.3) is 0 Å². The molecule has 1 saturated carbocycles. The molecule has 2 rings (SSSR count). The van der Waals surface area contributed by atoms with Crippen molar-refractivity contribution in [1.82, 2.24) is 10.2 Å². The highest BCUT2D eigenvalue weighted by molar-refractivity contribution is 4.95. The quantitative estimate of drug-likeness (QED) is 0.814. The zero-order valence-electron chi connectivity index (χ0n) is 12.5. The summed E-state index contributed by atoms with van der Waals surface area (Å²) in [5.74, 6) is 0.776. The third-order valence-electron chi connectivity index (χ3n) is 4.73. The average molecular weight is 254 g/mol. The lowest BCUT2D eigenvalue weighted by Crippen LogP contribution is -2.60. The number of piperazine rings is 1. The van der Waals surface area contributed by atoms with Crippen LogP contribution in [0.5, 0.6) is 0 Å². The standard InChI is InChI=1S/C15H30N2O/c1-12(2)8-14-10-17(13(3)9-16-14)11-15(18-4)6-5-7-15/h12-14,16H,5-11H2,1-4H3. The Balaban J connectivity index is 1.89. The Bertz CT molecular complexity index is 258. The highest BCUT2D eigenvalue weighted by Crippen LogP contribution is 2.36.